The van der Waals surface area contributed by atoms with Crippen LogP contribution in [-0.4, -0.2) is 55.8 Å². The van der Waals surface area contributed by atoms with E-state index in [1.165, 1.54) is 22.5 Å². The topological polar surface area (TPSA) is 83.7 Å². The lowest BCUT2D eigenvalue weighted by Gasteiger charge is -2.33. The van der Waals surface area contributed by atoms with Crippen LogP contribution in [0.1, 0.15) is 26.2 Å². The summed E-state index contributed by atoms with van der Waals surface area (Å²) in [5.41, 5.74) is 5.73. The van der Waals surface area contributed by atoms with Crippen LogP contribution in [0.2, 0.25) is 0 Å². The molecule has 1 aromatic rings. The van der Waals surface area contributed by atoms with Crippen molar-refractivity contribution in [3.63, 3.8) is 0 Å². The number of hydrogen-bond acceptors (Lipinski definition) is 4. The van der Waals surface area contributed by atoms with Crippen LogP contribution in [0.25, 0.3) is 0 Å². The van der Waals surface area contributed by atoms with Crippen LogP contribution in [-0.2, 0) is 14.8 Å². The summed E-state index contributed by atoms with van der Waals surface area (Å²) in [5, 5.41) is 0. The molecule has 2 N–H and O–H groups in total. The molecule has 2 aliphatic heterocycles. The molecule has 2 unspecified atom stereocenters. The van der Waals surface area contributed by atoms with Gasteiger partial charge in [0.2, 0.25) is 15.9 Å². The molecule has 26 heavy (non-hydrogen) atoms. The van der Waals surface area contributed by atoms with E-state index in [1.807, 2.05) is 11.8 Å². The smallest absolute Gasteiger partial charge is 0.245 e. The van der Waals surface area contributed by atoms with Crippen molar-refractivity contribution in [3.8, 4) is 0 Å². The lowest BCUT2D eigenvalue weighted by atomic mass is 9.96. The summed E-state index contributed by atoms with van der Waals surface area (Å²) in [7, 11) is -3.87. The zero-order valence-electron chi connectivity index (χ0n) is 15.0. The van der Waals surface area contributed by atoms with E-state index in [2.05, 4.69) is 0 Å². The van der Waals surface area contributed by atoms with Gasteiger partial charge in [-0.25, -0.2) is 12.8 Å². The number of halogens is 1. The highest BCUT2D eigenvalue weighted by Gasteiger charge is 2.38. The van der Waals surface area contributed by atoms with Crippen molar-refractivity contribution >= 4 is 15.9 Å². The first-order valence-electron chi connectivity index (χ1n) is 9.09. The van der Waals surface area contributed by atoms with E-state index < -0.39 is 15.8 Å². The largest absolute Gasteiger partial charge is 0.339 e. The van der Waals surface area contributed by atoms with E-state index in [4.69, 9.17) is 5.73 Å². The molecule has 3 rings (SSSR count). The number of amides is 1. The zero-order valence-corrected chi connectivity index (χ0v) is 15.8. The predicted molar refractivity (Wildman–Crippen MR) is 96.2 cm³/mol. The zero-order chi connectivity index (χ0) is 18.9. The Morgan fingerprint density at radius 2 is 1.92 bits per heavy atom. The molecule has 0 spiro atoms. The third kappa shape index (κ3) is 3.63. The van der Waals surface area contributed by atoms with E-state index in [-0.39, 0.29) is 35.9 Å². The van der Waals surface area contributed by atoms with Crippen LogP contribution < -0.4 is 5.73 Å². The van der Waals surface area contributed by atoms with Gasteiger partial charge in [-0.05, 0) is 50.8 Å². The van der Waals surface area contributed by atoms with Gasteiger partial charge in [-0.1, -0.05) is 12.1 Å². The number of rotatable bonds is 4. The van der Waals surface area contributed by atoms with Crippen LogP contribution in [0.5, 0.6) is 0 Å². The minimum Gasteiger partial charge on any atom is -0.339 e. The average molecular weight is 383 g/mol. The second-order valence-corrected chi connectivity index (χ2v) is 9.19. The number of carbonyl (C=O) groups excluding carboxylic acids is 1. The van der Waals surface area contributed by atoms with Crippen molar-refractivity contribution < 1.29 is 17.6 Å². The Labute approximate surface area is 154 Å². The fourth-order valence-electron chi connectivity index (χ4n) is 3.99. The first kappa shape index (κ1) is 19.3. The normalized spacial score (nSPS) is 25.6. The maximum Gasteiger partial charge on any atom is 0.245 e. The first-order valence-corrected chi connectivity index (χ1v) is 10.5. The SMILES string of the molecule is CC1CC(CN)CN1C(=O)C1CCN(S(=O)(=O)c2ccccc2F)CC1. The van der Waals surface area contributed by atoms with Crippen molar-refractivity contribution in [1.82, 2.24) is 9.21 Å². The Hall–Kier alpha value is -1.51. The fraction of sp³-hybridized carbons (Fsp3) is 0.611. The molecule has 0 aromatic heterocycles. The van der Waals surface area contributed by atoms with Gasteiger partial charge in [0.05, 0.1) is 0 Å². The molecule has 6 nitrogen and oxygen atoms in total. The van der Waals surface area contributed by atoms with Gasteiger partial charge in [-0.15, -0.1) is 0 Å². The molecule has 2 saturated heterocycles. The highest BCUT2D eigenvalue weighted by atomic mass is 32.2. The minimum absolute atomic E-state index is 0.0939. The Bertz CT molecular complexity index is 763. The maximum atomic E-state index is 13.9. The van der Waals surface area contributed by atoms with Gasteiger partial charge >= 0.3 is 0 Å². The molecule has 0 bridgehead atoms. The second-order valence-electron chi connectivity index (χ2n) is 7.29. The average Bonchev–Trinajstić information content (AvgIpc) is 3.02. The van der Waals surface area contributed by atoms with Gasteiger partial charge in [0, 0.05) is 31.6 Å². The highest BCUT2D eigenvalue weighted by molar-refractivity contribution is 7.89. The third-order valence-electron chi connectivity index (χ3n) is 5.54. The number of piperidine rings is 1. The van der Waals surface area contributed by atoms with Crippen LogP contribution in [0, 0.1) is 17.7 Å². The third-order valence-corrected chi connectivity index (χ3v) is 7.47. The Kier molecular flexibility index (Phi) is 5.64. The summed E-state index contributed by atoms with van der Waals surface area (Å²) in [6, 6.07) is 5.57. The number of nitrogens with two attached hydrogens (primary N) is 1. The van der Waals surface area contributed by atoms with Gasteiger partial charge in [-0.3, -0.25) is 4.79 Å². The molecular formula is C18H26FN3O3S. The van der Waals surface area contributed by atoms with Gasteiger partial charge in [-0.2, -0.15) is 4.31 Å². The van der Waals surface area contributed by atoms with Crippen LogP contribution >= 0.6 is 0 Å². The molecule has 1 amide bonds. The summed E-state index contributed by atoms with van der Waals surface area (Å²) in [5.74, 6) is -0.489. The van der Waals surface area contributed by atoms with Gasteiger partial charge in [0.25, 0.3) is 0 Å². The number of sulfonamides is 1. The molecular weight excluding hydrogens is 357 g/mol. The highest BCUT2D eigenvalue weighted by Crippen LogP contribution is 2.29. The lowest BCUT2D eigenvalue weighted by Crippen LogP contribution is -2.45. The van der Waals surface area contributed by atoms with E-state index >= 15 is 0 Å². The van der Waals surface area contributed by atoms with Crippen molar-refractivity contribution in [2.45, 2.75) is 37.1 Å². The molecule has 2 fully saturated rings. The van der Waals surface area contributed by atoms with Crippen molar-refractivity contribution in [2.75, 3.05) is 26.2 Å². The van der Waals surface area contributed by atoms with Crippen LogP contribution in [0.4, 0.5) is 4.39 Å². The number of likely N-dealkylation sites (tertiary alicyclic amines) is 1. The molecule has 8 heteroatoms. The summed E-state index contributed by atoms with van der Waals surface area (Å²) in [6.45, 7) is 3.76. The molecule has 0 aliphatic carbocycles. The molecule has 0 saturated carbocycles. The molecule has 2 aliphatic rings. The van der Waals surface area contributed by atoms with Gasteiger partial charge < -0.3 is 10.6 Å². The molecule has 0 radical (unpaired) electrons. The summed E-state index contributed by atoms with van der Waals surface area (Å²) in [6.07, 6.45) is 1.84. The quantitative estimate of drug-likeness (QED) is 0.852. The van der Waals surface area contributed by atoms with Crippen molar-refractivity contribution in [2.24, 2.45) is 17.6 Å². The fourth-order valence-corrected chi connectivity index (χ4v) is 5.53. The number of carbonyl (C=O) groups is 1. The van der Waals surface area contributed by atoms with Crippen molar-refractivity contribution in [1.29, 1.82) is 0 Å². The summed E-state index contributed by atoms with van der Waals surface area (Å²) < 4.78 is 40.5. The Morgan fingerprint density at radius 1 is 1.27 bits per heavy atom. The Morgan fingerprint density at radius 3 is 2.50 bits per heavy atom. The van der Waals surface area contributed by atoms with E-state index in [1.54, 1.807) is 0 Å². The lowest BCUT2D eigenvalue weighted by molar-refractivity contribution is -0.137. The molecule has 2 heterocycles. The second kappa shape index (κ2) is 7.62. The predicted octanol–water partition coefficient (Wildman–Crippen LogP) is 1.42. The van der Waals surface area contributed by atoms with Crippen LogP contribution in [0.3, 0.4) is 0 Å². The van der Waals surface area contributed by atoms with Crippen LogP contribution in [0.15, 0.2) is 29.2 Å². The molecule has 144 valence electrons. The molecule has 2 atom stereocenters. The standard InChI is InChI=1S/C18H26FN3O3S/c1-13-10-14(11-20)12-22(13)18(23)15-6-8-21(9-7-15)26(24,25)17-5-3-2-4-16(17)19/h2-5,13-15H,6-12,20H2,1H3. The van der Waals surface area contributed by atoms with Crippen molar-refractivity contribution in [3.05, 3.63) is 30.1 Å². The van der Waals surface area contributed by atoms with Gasteiger partial charge in [0.1, 0.15) is 10.7 Å². The molecule has 1 aromatic carbocycles. The number of benzene rings is 1. The summed E-state index contributed by atoms with van der Waals surface area (Å²) >= 11 is 0. The van der Waals surface area contributed by atoms with E-state index in [0.29, 0.717) is 31.8 Å². The Balaban J connectivity index is 1.64. The monoisotopic (exact) mass is 383 g/mol. The van der Waals surface area contributed by atoms with Gasteiger partial charge in [0.15, 0.2) is 0 Å². The number of hydrogen-bond donors (Lipinski definition) is 1. The summed E-state index contributed by atoms with van der Waals surface area (Å²) in [4.78, 5) is 14.4. The van der Waals surface area contributed by atoms with E-state index in [0.717, 1.165) is 12.5 Å². The minimum atomic E-state index is -3.87. The van der Waals surface area contributed by atoms with E-state index in [9.17, 15) is 17.6 Å². The first-order chi connectivity index (χ1) is 12.3. The number of nitrogens with zero attached hydrogens (tertiary/aromatic N) is 2. The maximum absolute atomic E-state index is 13.9.